The smallest absolute Gasteiger partial charge is 0.280 e. The van der Waals surface area contributed by atoms with Crippen LogP contribution in [-0.2, 0) is 0 Å². The number of hydrogen-bond donors (Lipinski definition) is 2. The first-order valence-electron chi connectivity index (χ1n) is 4.18. The van der Waals surface area contributed by atoms with Gasteiger partial charge in [0.1, 0.15) is 0 Å². The van der Waals surface area contributed by atoms with Crippen LogP contribution < -0.4 is 5.73 Å². The molecular weight excluding hydrogens is 188 g/mol. The number of amides is 1. The van der Waals surface area contributed by atoms with Crippen LogP contribution in [-0.4, -0.2) is 45.9 Å². The molecule has 0 aliphatic heterocycles. The number of nitrogens with two attached hydrogens (primary N) is 1. The van der Waals surface area contributed by atoms with Crippen LogP contribution in [0.4, 0.5) is 5.82 Å². The molecule has 0 saturated carbocycles. The standard InChI is InChI=1S/C7H12N4O3/c1-2-11(3-4-12)7(13)5-6(8)10-14-9-5/h12H,2-4H2,1H3,(H2,8,10). The molecule has 3 N–H and O–H groups in total. The molecule has 1 aromatic heterocycles. The third kappa shape index (κ3) is 1.99. The topological polar surface area (TPSA) is 105 Å². The minimum Gasteiger partial charge on any atom is -0.395 e. The number of hydrogen-bond acceptors (Lipinski definition) is 6. The molecule has 0 saturated heterocycles. The molecular formula is C7H12N4O3. The highest BCUT2D eigenvalue weighted by Crippen LogP contribution is 2.07. The molecule has 7 nitrogen and oxygen atoms in total. The molecule has 14 heavy (non-hydrogen) atoms. The largest absolute Gasteiger partial charge is 0.395 e. The normalized spacial score (nSPS) is 10.1. The number of anilines is 1. The number of nitrogen functional groups attached to an aromatic ring is 1. The second-order valence-corrected chi connectivity index (χ2v) is 2.61. The van der Waals surface area contributed by atoms with Crippen molar-refractivity contribution in [2.24, 2.45) is 0 Å². The fraction of sp³-hybridized carbons (Fsp3) is 0.571. The zero-order valence-electron chi connectivity index (χ0n) is 7.80. The van der Waals surface area contributed by atoms with Crippen LogP contribution in [0.2, 0.25) is 0 Å². The Hall–Kier alpha value is -1.63. The highest BCUT2D eigenvalue weighted by molar-refractivity contribution is 5.96. The number of aliphatic hydroxyl groups excluding tert-OH is 1. The summed E-state index contributed by atoms with van der Waals surface area (Å²) in [5.41, 5.74) is 5.34. The fourth-order valence-corrected chi connectivity index (χ4v) is 1.02. The molecule has 0 aromatic carbocycles. The molecule has 0 bridgehead atoms. The van der Waals surface area contributed by atoms with Gasteiger partial charge in [0.25, 0.3) is 5.91 Å². The molecule has 7 heteroatoms. The molecule has 0 fully saturated rings. The van der Waals surface area contributed by atoms with E-state index in [-0.39, 0.29) is 30.6 Å². The number of aromatic nitrogens is 2. The van der Waals surface area contributed by atoms with E-state index in [4.69, 9.17) is 10.8 Å². The summed E-state index contributed by atoms with van der Waals surface area (Å²) in [4.78, 5) is 13.0. The zero-order valence-corrected chi connectivity index (χ0v) is 7.80. The summed E-state index contributed by atoms with van der Waals surface area (Å²) in [6.07, 6.45) is 0. The molecule has 1 heterocycles. The van der Waals surface area contributed by atoms with Gasteiger partial charge in [-0.15, -0.1) is 0 Å². The molecule has 0 unspecified atom stereocenters. The van der Waals surface area contributed by atoms with Gasteiger partial charge in [-0.05, 0) is 17.2 Å². The first-order valence-corrected chi connectivity index (χ1v) is 4.18. The van der Waals surface area contributed by atoms with E-state index in [0.717, 1.165) is 0 Å². The van der Waals surface area contributed by atoms with Gasteiger partial charge in [0.2, 0.25) is 11.5 Å². The molecule has 0 radical (unpaired) electrons. The molecule has 1 amide bonds. The van der Waals surface area contributed by atoms with E-state index < -0.39 is 0 Å². The Bertz CT molecular complexity index is 312. The lowest BCUT2D eigenvalue weighted by Gasteiger charge is -2.17. The van der Waals surface area contributed by atoms with Gasteiger partial charge in [0, 0.05) is 13.1 Å². The molecule has 0 aliphatic carbocycles. The van der Waals surface area contributed by atoms with Crippen molar-refractivity contribution in [3.05, 3.63) is 5.69 Å². The van der Waals surface area contributed by atoms with Crippen LogP contribution >= 0.6 is 0 Å². The van der Waals surface area contributed by atoms with E-state index in [1.165, 1.54) is 4.90 Å². The molecule has 0 aliphatic rings. The van der Waals surface area contributed by atoms with Crippen LogP contribution in [0, 0.1) is 0 Å². The molecule has 0 spiro atoms. The Morgan fingerprint density at radius 2 is 2.36 bits per heavy atom. The Balaban J connectivity index is 2.78. The fourth-order valence-electron chi connectivity index (χ4n) is 1.02. The maximum absolute atomic E-state index is 11.6. The highest BCUT2D eigenvalue weighted by atomic mass is 16.6. The minimum absolute atomic E-state index is 0.0136. The molecule has 0 atom stereocenters. The number of carbonyl (C=O) groups is 1. The minimum atomic E-state index is -0.389. The average Bonchev–Trinajstić information content (AvgIpc) is 2.59. The van der Waals surface area contributed by atoms with Crippen molar-refractivity contribution in [2.45, 2.75) is 6.92 Å². The molecule has 1 aromatic rings. The summed E-state index contributed by atoms with van der Waals surface area (Å²) in [6.45, 7) is 2.38. The predicted octanol–water partition coefficient (Wildman–Crippen LogP) is -0.894. The summed E-state index contributed by atoms with van der Waals surface area (Å²) in [7, 11) is 0. The van der Waals surface area contributed by atoms with Gasteiger partial charge >= 0.3 is 0 Å². The van der Waals surface area contributed by atoms with Gasteiger partial charge in [-0.1, -0.05) is 0 Å². The van der Waals surface area contributed by atoms with Crippen molar-refractivity contribution in [1.82, 2.24) is 15.2 Å². The maximum atomic E-state index is 11.6. The van der Waals surface area contributed by atoms with E-state index in [0.29, 0.717) is 6.54 Å². The third-order valence-electron chi connectivity index (χ3n) is 1.76. The van der Waals surface area contributed by atoms with Crippen molar-refractivity contribution in [3.63, 3.8) is 0 Å². The summed E-state index contributed by atoms with van der Waals surface area (Å²) >= 11 is 0. The van der Waals surface area contributed by atoms with E-state index in [2.05, 4.69) is 14.9 Å². The number of likely N-dealkylation sites (N-methyl/N-ethyl adjacent to an activating group) is 1. The first kappa shape index (κ1) is 10.5. The van der Waals surface area contributed by atoms with Crippen LogP contribution in [0.1, 0.15) is 17.4 Å². The van der Waals surface area contributed by atoms with Gasteiger partial charge in [-0.25, -0.2) is 4.63 Å². The lowest BCUT2D eigenvalue weighted by atomic mass is 10.3. The quantitative estimate of drug-likeness (QED) is 0.652. The van der Waals surface area contributed by atoms with Crippen molar-refractivity contribution in [1.29, 1.82) is 0 Å². The van der Waals surface area contributed by atoms with Gasteiger partial charge < -0.3 is 15.7 Å². The van der Waals surface area contributed by atoms with Crippen LogP contribution in [0.3, 0.4) is 0 Å². The lowest BCUT2D eigenvalue weighted by Crippen LogP contribution is -2.34. The molecule has 78 valence electrons. The number of aliphatic hydroxyl groups is 1. The Kier molecular flexibility index (Phi) is 3.41. The van der Waals surface area contributed by atoms with Crippen molar-refractivity contribution in [3.8, 4) is 0 Å². The lowest BCUT2D eigenvalue weighted by molar-refractivity contribution is 0.0721. The Morgan fingerprint density at radius 3 is 2.79 bits per heavy atom. The summed E-state index contributed by atoms with van der Waals surface area (Å²) in [5.74, 6) is -0.424. The highest BCUT2D eigenvalue weighted by Gasteiger charge is 2.20. The van der Waals surface area contributed by atoms with E-state index in [9.17, 15) is 4.79 Å². The maximum Gasteiger partial charge on any atom is 0.280 e. The van der Waals surface area contributed by atoms with Gasteiger partial charge in [-0.2, -0.15) is 0 Å². The summed E-state index contributed by atoms with van der Waals surface area (Å²) in [5, 5.41) is 15.4. The number of carbonyl (C=O) groups excluding carboxylic acids is 1. The van der Waals surface area contributed by atoms with Gasteiger partial charge in [0.15, 0.2) is 0 Å². The number of nitrogens with zero attached hydrogens (tertiary/aromatic N) is 3. The Morgan fingerprint density at radius 1 is 1.64 bits per heavy atom. The second kappa shape index (κ2) is 4.56. The van der Waals surface area contributed by atoms with Crippen molar-refractivity contribution in [2.75, 3.05) is 25.4 Å². The molecule has 1 rings (SSSR count). The Labute approximate surface area is 80.4 Å². The SMILES string of the molecule is CCN(CCO)C(=O)c1nonc1N. The zero-order chi connectivity index (χ0) is 10.6. The van der Waals surface area contributed by atoms with Crippen molar-refractivity contribution >= 4 is 11.7 Å². The van der Waals surface area contributed by atoms with Crippen LogP contribution in [0.5, 0.6) is 0 Å². The van der Waals surface area contributed by atoms with Crippen molar-refractivity contribution < 1.29 is 14.5 Å². The van der Waals surface area contributed by atoms with Gasteiger partial charge in [-0.3, -0.25) is 4.79 Å². The third-order valence-corrected chi connectivity index (χ3v) is 1.76. The number of rotatable bonds is 4. The van der Waals surface area contributed by atoms with Gasteiger partial charge in [0.05, 0.1) is 6.61 Å². The van der Waals surface area contributed by atoms with E-state index in [1.54, 1.807) is 6.92 Å². The van der Waals surface area contributed by atoms with Crippen LogP contribution in [0.25, 0.3) is 0 Å². The second-order valence-electron chi connectivity index (χ2n) is 2.61. The van der Waals surface area contributed by atoms with E-state index >= 15 is 0 Å². The van der Waals surface area contributed by atoms with Crippen LogP contribution in [0.15, 0.2) is 4.63 Å². The summed E-state index contributed by atoms with van der Waals surface area (Å²) in [6, 6.07) is 0. The summed E-state index contributed by atoms with van der Waals surface area (Å²) < 4.78 is 4.30. The van der Waals surface area contributed by atoms with E-state index in [1.807, 2.05) is 0 Å². The monoisotopic (exact) mass is 200 g/mol. The predicted molar refractivity (Wildman–Crippen MR) is 47.4 cm³/mol. The first-order chi connectivity index (χ1) is 6.70. The average molecular weight is 200 g/mol.